The Bertz CT molecular complexity index is 339. The molecule has 0 bridgehead atoms. The van der Waals surface area contributed by atoms with Gasteiger partial charge in [0, 0.05) is 0 Å². The fourth-order valence-electron chi connectivity index (χ4n) is 2.90. The number of rotatable bonds is 6. The normalized spacial score (nSPS) is 16.7. The van der Waals surface area contributed by atoms with Crippen molar-refractivity contribution < 1.29 is 4.74 Å². The van der Waals surface area contributed by atoms with Crippen LogP contribution in [0.3, 0.4) is 0 Å². The molecule has 1 aromatic rings. The Hall–Kier alpha value is -0.980. The smallest absolute Gasteiger partial charge is 0.122 e. The van der Waals surface area contributed by atoms with Crippen LogP contribution in [0.1, 0.15) is 69.8 Å². The van der Waals surface area contributed by atoms with Crippen LogP contribution in [0.25, 0.3) is 0 Å². The highest BCUT2D eigenvalue weighted by molar-refractivity contribution is 5.36. The van der Waals surface area contributed by atoms with Gasteiger partial charge < -0.3 is 4.74 Å². The van der Waals surface area contributed by atoms with Crippen molar-refractivity contribution in [2.24, 2.45) is 0 Å². The first-order chi connectivity index (χ1) is 8.92. The van der Waals surface area contributed by atoms with Gasteiger partial charge in [0.2, 0.25) is 0 Å². The predicted molar refractivity (Wildman–Crippen MR) is 77.3 cm³/mol. The minimum atomic E-state index is 0.737. The van der Waals surface area contributed by atoms with Crippen LogP contribution in [0.15, 0.2) is 24.3 Å². The molecule has 1 aliphatic carbocycles. The topological polar surface area (TPSA) is 9.23 Å². The van der Waals surface area contributed by atoms with Crippen molar-refractivity contribution in [3.8, 4) is 5.75 Å². The molecule has 0 amide bonds. The van der Waals surface area contributed by atoms with Crippen molar-refractivity contribution >= 4 is 0 Å². The molecule has 1 aromatic carbocycles. The molecule has 0 atom stereocenters. The van der Waals surface area contributed by atoms with Crippen LogP contribution in [0, 0.1) is 0 Å². The second kappa shape index (κ2) is 7.45. The number of hydrogen-bond donors (Lipinski definition) is 0. The summed E-state index contributed by atoms with van der Waals surface area (Å²) in [5.74, 6) is 1.88. The van der Waals surface area contributed by atoms with Crippen molar-refractivity contribution in [1.82, 2.24) is 0 Å². The van der Waals surface area contributed by atoms with Gasteiger partial charge in [-0.3, -0.25) is 0 Å². The molecule has 18 heavy (non-hydrogen) atoms. The maximum absolute atomic E-state index is 5.99. The third kappa shape index (κ3) is 3.76. The highest BCUT2D eigenvalue weighted by Crippen LogP contribution is 2.37. The Labute approximate surface area is 112 Å². The van der Waals surface area contributed by atoms with Crippen LogP contribution in [-0.4, -0.2) is 6.61 Å². The zero-order valence-electron chi connectivity index (χ0n) is 11.7. The van der Waals surface area contributed by atoms with E-state index in [0.29, 0.717) is 0 Å². The summed E-state index contributed by atoms with van der Waals surface area (Å²) in [5, 5.41) is 0. The van der Waals surface area contributed by atoms with Gasteiger partial charge in [0.1, 0.15) is 5.75 Å². The molecule has 1 fully saturated rings. The van der Waals surface area contributed by atoms with Crippen molar-refractivity contribution in [3.63, 3.8) is 0 Å². The van der Waals surface area contributed by atoms with Gasteiger partial charge in [-0.25, -0.2) is 0 Å². The number of ether oxygens (including phenoxy) is 1. The Balaban J connectivity index is 1.96. The van der Waals surface area contributed by atoms with Crippen LogP contribution in [0.5, 0.6) is 5.75 Å². The molecule has 1 aliphatic rings. The fraction of sp³-hybridized carbons (Fsp3) is 0.647. The van der Waals surface area contributed by atoms with Crippen LogP contribution in [0.4, 0.5) is 0 Å². The first-order valence-corrected chi connectivity index (χ1v) is 7.63. The number of hydrogen-bond acceptors (Lipinski definition) is 1. The molecule has 2 rings (SSSR count). The summed E-state index contributed by atoms with van der Waals surface area (Å²) >= 11 is 0. The monoisotopic (exact) mass is 246 g/mol. The second-order valence-electron chi connectivity index (χ2n) is 5.43. The highest BCUT2D eigenvalue weighted by atomic mass is 16.5. The first-order valence-electron chi connectivity index (χ1n) is 7.63. The molecule has 100 valence electrons. The molecule has 0 radical (unpaired) electrons. The molecule has 0 aromatic heterocycles. The Morgan fingerprint density at radius 3 is 2.61 bits per heavy atom. The molecule has 1 saturated carbocycles. The zero-order valence-corrected chi connectivity index (χ0v) is 11.7. The molecule has 0 aliphatic heterocycles. The van der Waals surface area contributed by atoms with E-state index >= 15 is 0 Å². The molecule has 0 unspecified atom stereocenters. The minimum absolute atomic E-state index is 0.737. The van der Waals surface area contributed by atoms with Gasteiger partial charge in [-0.05, 0) is 36.8 Å². The molecular weight excluding hydrogens is 220 g/mol. The van der Waals surface area contributed by atoms with E-state index in [1.807, 2.05) is 0 Å². The number of unbranched alkanes of at least 4 members (excludes halogenated alkanes) is 2. The van der Waals surface area contributed by atoms with Crippen LogP contribution in [-0.2, 0) is 0 Å². The summed E-state index contributed by atoms with van der Waals surface area (Å²) in [5.41, 5.74) is 1.45. The van der Waals surface area contributed by atoms with E-state index in [-0.39, 0.29) is 0 Å². The van der Waals surface area contributed by atoms with E-state index in [0.717, 1.165) is 18.3 Å². The molecule has 0 heterocycles. The first kappa shape index (κ1) is 13.5. The molecule has 1 heteroatoms. The van der Waals surface area contributed by atoms with Gasteiger partial charge in [0.05, 0.1) is 6.61 Å². The van der Waals surface area contributed by atoms with E-state index in [1.54, 1.807) is 0 Å². The molecule has 1 nitrogen and oxygen atoms in total. The van der Waals surface area contributed by atoms with E-state index in [2.05, 4.69) is 31.2 Å². The molecular formula is C17H26O. The van der Waals surface area contributed by atoms with Gasteiger partial charge in [-0.15, -0.1) is 0 Å². The summed E-state index contributed by atoms with van der Waals surface area (Å²) < 4.78 is 5.99. The molecule has 0 N–H and O–H groups in total. The van der Waals surface area contributed by atoms with Gasteiger partial charge >= 0.3 is 0 Å². The lowest BCUT2D eigenvalue weighted by Gasteiger charge is -2.24. The van der Waals surface area contributed by atoms with E-state index in [9.17, 15) is 0 Å². The Morgan fingerprint density at radius 2 is 1.83 bits per heavy atom. The summed E-state index contributed by atoms with van der Waals surface area (Å²) in [6.07, 6.45) is 10.6. The lowest BCUT2D eigenvalue weighted by atomic mass is 9.84. The maximum Gasteiger partial charge on any atom is 0.122 e. The third-order valence-electron chi connectivity index (χ3n) is 3.97. The van der Waals surface area contributed by atoms with Gasteiger partial charge in [-0.2, -0.15) is 0 Å². The average molecular weight is 246 g/mol. The fourth-order valence-corrected chi connectivity index (χ4v) is 2.90. The van der Waals surface area contributed by atoms with E-state index in [4.69, 9.17) is 4.74 Å². The van der Waals surface area contributed by atoms with Crippen LogP contribution >= 0.6 is 0 Å². The van der Waals surface area contributed by atoms with E-state index in [1.165, 1.54) is 56.9 Å². The summed E-state index contributed by atoms with van der Waals surface area (Å²) in [6, 6.07) is 8.67. The average Bonchev–Trinajstić information content (AvgIpc) is 2.45. The summed E-state index contributed by atoms with van der Waals surface area (Å²) in [4.78, 5) is 0. The lowest BCUT2D eigenvalue weighted by molar-refractivity contribution is 0.298. The maximum atomic E-state index is 5.99. The second-order valence-corrected chi connectivity index (χ2v) is 5.43. The summed E-state index contributed by atoms with van der Waals surface area (Å²) in [7, 11) is 0. The summed E-state index contributed by atoms with van der Waals surface area (Å²) in [6.45, 7) is 3.10. The largest absolute Gasteiger partial charge is 0.493 e. The molecule has 0 spiro atoms. The Morgan fingerprint density at radius 1 is 1.06 bits per heavy atom. The highest BCUT2D eigenvalue weighted by Gasteiger charge is 2.18. The standard InChI is InChI=1S/C17H26O/c1-2-3-9-14-18-17-13-8-7-12-16(17)15-10-5-4-6-11-15/h7-8,12-13,15H,2-6,9-11,14H2,1H3. The van der Waals surface area contributed by atoms with Gasteiger partial charge in [-0.1, -0.05) is 57.2 Å². The third-order valence-corrected chi connectivity index (χ3v) is 3.97. The van der Waals surface area contributed by atoms with E-state index < -0.39 is 0 Å². The predicted octanol–water partition coefficient (Wildman–Crippen LogP) is 5.30. The van der Waals surface area contributed by atoms with Gasteiger partial charge in [0.15, 0.2) is 0 Å². The van der Waals surface area contributed by atoms with Crippen molar-refractivity contribution in [2.75, 3.05) is 6.61 Å². The van der Waals surface area contributed by atoms with Crippen LogP contribution in [0.2, 0.25) is 0 Å². The van der Waals surface area contributed by atoms with Crippen molar-refractivity contribution in [2.45, 2.75) is 64.2 Å². The number of para-hydroxylation sites is 1. The van der Waals surface area contributed by atoms with Crippen molar-refractivity contribution in [3.05, 3.63) is 29.8 Å². The SMILES string of the molecule is CCCCCOc1ccccc1C1CCCCC1. The molecule has 0 saturated heterocycles. The Kier molecular flexibility index (Phi) is 5.57. The lowest BCUT2D eigenvalue weighted by Crippen LogP contribution is -2.07. The number of benzene rings is 1. The van der Waals surface area contributed by atoms with Gasteiger partial charge in [0.25, 0.3) is 0 Å². The zero-order chi connectivity index (χ0) is 12.6. The van der Waals surface area contributed by atoms with Crippen molar-refractivity contribution in [1.29, 1.82) is 0 Å². The minimum Gasteiger partial charge on any atom is -0.493 e. The van der Waals surface area contributed by atoms with Crippen LogP contribution < -0.4 is 4.74 Å². The quantitative estimate of drug-likeness (QED) is 0.619.